The Balaban J connectivity index is 1.66. The number of carboxylic acid groups (broad SMARTS) is 1. The Labute approximate surface area is 116 Å². The normalized spacial score (nSPS) is 24.8. The van der Waals surface area contributed by atoms with Gasteiger partial charge in [0.15, 0.2) is 0 Å². The molecule has 1 aromatic rings. The number of nitrogens with zero attached hydrogens (tertiary/aromatic N) is 2. The van der Waals surface area contributed by atoms with E-state index < -0.39 is 6.09 Å². The topological polar surface area (TPSA) is 86.9 Å². The van der Waals surface area contributed by atoms with E-state index in [1.807, 2.05) is 4.90 Å². The van der Waals surface area contributed by atoms with E-state index in [0.717, 1.165) is 0 Å². The van der Waals surface area contributed by atoms with E-state index in [4.69, 9.17) is 10.8 Å². The lowest BCUT2D eigenvalue weighted by atomic mass is 10.0. The Hall–Kier alpha value is -2.24. The van der Waals surface area contributed by atoms with E-state index in [0.29, 0.717) is 37.4 Å². The third-order valence-corrected chi connectivity index (χ3v) is 4.20. The first-order chi connectivity index (χ1) is 9.54. The van der Waals surface area contributed by atoms with Gasteiger partial charge < -0.3 is 20.6 Å². The number of hydrogen-bond acceptors (Lipinski definition) is 3. The molecule has 1 aromatic carbocycles. The van der Waals surface area contributed by atoms with E-state index >= 15 is 0 Å². The summed E-state index contributed by atoms with van der Waals surface area (Å²) in [7, 11) is 0. The third kappa shape index (κ3) is 2.17. The summed E-state index contributed by atoms with van der Waals surface area (Å²) in [5, 5.41) is 8.98. The monoisotopic (exact) mass is 275 g/mol. The number of nitrogen functional groups attached to an aromatic ring is 1. The molecule has 2 unspecified atom stereocenters. The van der Waals surface area contributed by atoms with Gasteiger partial charge in [-0.15, -0.1) is 0 Å². The van der Waals surface area contributed by atoms with Crippen LogP contribution in [0.3, 0.4) is 0 Å². The predicted molar refractivity (Wildman–Crippen MR) is 73.3 cm³/mol. The van der Waals surface area contributed by atoms with Crippen molar-refractivity contribution in [2.45, 2.75) is 0 Å². The van der Waals surface area contributed by atoms with Crippen molar-refractivity contribution >= 4 is 17.7 Å². The van der Waals surface area contributed by atoms with Crippen molar-refractivity contribution < 1.29 is 14.7 Å². The van der Waals surface area contributed by atoms with E-state index in [1.165, 1.54) is 4.90 Å². The zero-order valence-electron chi connectivity index (χ0n) is 11.0. The average molecular weight is 275 g/mol. The number of likely N-dealkylation sites (tertiary alicyclic amines) is 2. The Kier molecular flexibility index (Phi) is 3.00. The highest BCUT2D eigenvalue weighted by Gasteiger charge is 2.43. The molecule has 106 valence electrons. The van der Waals surface area contributed by atoms with Crippen molar-refractivity contribution in [2.24, 2.45) is 11.8 Å². The van der Waals surface area contributed by atoms with E-state index in [9.17, 15) is 9.59 Å². The molecule has 3 N–H and O–H groups in total. The summed E-state index contributed by atoms with van der Waals surface area (Å²) >= 11 is 0. The highest BCUT2D eigenvalue weighted by molar-refractivity contribution is 5.94. The summed E-state index contributed by atoms with van der Waals surface area (Å²) in [6.07, 6.45) is -0.865. The van der Waals surface area contributed by atoms with Crippen LogP contribution in [0.2, 0.25) is 0 Å². The third-order valence-electron chi connectivity index (χ3n) is 4.20. The first-order valence-electron chi connectivity index (χ1n) is 6.67. The zero-order chi connectivity index (χ0) is 14.3. The molecule has 2 heterocycles. The summed E-state index contributed by atoms with van der Waals surface area (Å²) in [5.41, 5.74) is 6.88. The number of carbonyl (C=O) groups excluding carboxylic acids is 1. The fraction of sp³-hybridized carbons (Fsp3) is 0.429. The molecule has 2 fully saturated rings. The van der Waals surface area contributed by atoms with Gasteiger partial charge in [0, 0.05) is 49.3 Å². The van der Waals surface area contributed by atoms with Gasteiger partial charge in [-0.25, -0.2) is 4.79 Å². The van der Waals surface area contributed by atoms with Crippen molar-refractivity contribution in [2.75, 3.05) is 31.9 Å². The fourth-order valence-electron chi connectivity index (χ4n) is 3.12. The summed E-state index contributed by atoms with van der Waals surface area (Å²) in [6, 6.07) is 6.90. The van der Waals surface area contributed by atoms with Gasteiger partial charge in [-0.1, -0.05) is 0 Å². The molecule has 0 spiro atoms. The molecule has 20 heavy (non-hydrogen) atoms. The van der Waals surface area contributed by atoms with Gasteiger partial charge in [0.2, 0.25) is 0 Å². The van der Waals surface area contributed by atoms with Crippen LogP contribution in [0.4, 0.5) is 10.5 Å². The minimum Gasteiger partial charge on any atom is -0.465 e. The zero-order valence-corrected chi connectivity index (χ0v) is 11.0. The lowest BCUT2D eigenvalue weighted by Crippen LogP contribution is -2.35. The quantitative estimate of drug-likeness (QED) is 0.747. The van der Waals surface area contributed by atoms with E-state index in [-0.39, 0.29) is 17.7 Å². The molecular weight excluding hydrogens is 258 g/mol. The summed E-state index contributed by atoms with van der Waals surface area (Å²) in [5.74, 6) is 0.536. The number of rotatable bonds is 1. The Morgan fingerprint density at radius 3 is 2.00 bits per heavy atom. The Bertz CT molecular complexity index is 529. The van der Waals surface area contributed by atoms with Crippen molar-refractivity contribution in [1.82, 2.24) is 9.80 Å². The highest BCUT2D eigenvalue weighted by atomic mass is 16.4. The van der Waals surface area contributed by atoms with Crippen LogP contribution in [0.25, 0.3) is 0 Å². The maximum Gasteiger partial charge on any atom is 0.407 e. The minimum absolute atomic E-state index is 0.00118. The number of fused-ring (bicyclic) bond motifs is 1. The second-order valence-corrected chi connectivity index (χ2v) is 5.54. The van der Waals surface area contributed by atoms with Crippen molar-refractivity contribution in [3.05, 3.63) is 29.8 Å². The van der Waals surface area contributed by atoms with Crippen LogP contribution in [0.1, 0.15) is 10.4 Å². The number of carbonyl (C=O) groups is 2. The highest BCUT2D eigenvalue weighted by Crippen LogP contribution is 2.31. The molecule has 2 saturated heterocycles. The molecule has 2 atom stereocenters. The van der Waals surface area contributed by atoms with Gasteiger partial charge >= 0.3 is 6.09 Å². The second kappa shape index (κ2) is 4.70. The fourth-order valence-corrected chi connectivity index (χ4v) is 3.12. The molecule has 0 bridgehead atoms. The molecule has 2 aliphatic rings. The minimum atomic E-state index is -0.865. The molecular formula is C14H17N3O3. The Morgan fingerprint density at radius 2 is 1.50 bits per heavy atom. The van der Waals surface area contributed by atoms with Gasteiger partial charge in [-0.2, -0.15) is 0 Å². The Morgan fingerprint density at radius 1 is 1.00 bits per heavy atom. The maximum atomic E-state index is 12.4. The molecule has 6 nitrogen and oxygen atoms in total. The van der Waals surface area contributed by atoms with Crippen LogP contribution in [0, 0.1) is 11.8 Å². The smallest absolute Gasteiger partial charge is 0.407 e. The van der Waals surface area contributed by atoms with Gasteiger partial charge in [0.05, 0.1) is 0 Å². The van der Waals surface area contributed by atoms with Crippen molar-refractivity contribution in [3.8, 4) is 0 Å². The van der Waals surface area contributed by atoms with Crippen molar-refractivity contribution in [3.63, 3.8) is 0 Å². The first-order valence-corrected chi connectivity index (χ1v) is 6.67. The van der Waals surface area contributed by atoms with Crippen LogP contribution in [-0.2, 0) is 0 Å². The average Bonchev–Trinajstić information content (AvgIpc) is 2.96. The summed E-state index contributed by atoms with van der Waals surface area (Å²) < 4.78 is 0. The van der Waals surface area contributed by atoms with Crippen molar-refractivity contribution in [1.29, 1.82) is 0 Å². The number of hydrogen-bond donors (Lipinski definition) is 2. The molecule has 2 amide bonds. The van der Waals surface area contributed by atoms with Crippen LogP contribution < -0.4 is 5.73 Å². The lowest BCUT2D eigenvalue weighted by molar-refractivity contribution is 0.0774. The van der Waals surface area contributed by atoms with E-state index in [2.05, 4.69) is 0 Å². The van der Waals surface area contributed by atoms with Crippen LogP contribution in [-0.4, -0.2) is 53.1 Å². The largest absolute Gasteiger partial charge is 0.465 e. The van der Waals surface area contributed by atoms with Gasteiger partial charge in [-0.05, 0) is 24.3 Å². The first kappa shape index (κ1) is 12.8. The number of benzene rings is 1. The van der Waals surface area contributed by atoms with E-state index in [1.54, 1.807) is 24.3 Å². The van der Waals surface area contributed by atoms with Gasteiger partial charge in [0.1, 0.15) is 0 Å². The predicted octanol–water partition coefficient (Wildman–Crippen LogP) is 0.951. The van der Waals surface area contributed by atoms with Gasteiger partial charge in [0.25, 0.3) is 5.91 Å². The number of amides is 2. The standard InChI is InChI=1S/C14H17N3O3/c15-12-3-1-9(2-4-12)13(18)16-5-10-7-17(14(19)20)8-11(10)6-16/h1-4,10-11H,5-8,15H2,(H,19,20). The van der Waals surface area contributed by atoms with Gasteiger partial charge in [-0.3, -0.25) is 4.79 Å². The lowest BCUT2D eigenvalue weighted by Gasteiger charge is -2.20. The second-order valence-electron chi connectivity index (χ2n) is 5.54. The maximum absolute atomic E-state index is 12.4. The van der Waals surface area contributed by atoms with Crippen LogP contribution in [0.5, 0.6) is 0 Å². The molecule has 0 aliphatic carbocycles. The molecule has 0 saturated carbocycles. The van der Waals surface area contributed by atoms with Crippen LogP contribution >= 0.6 is 0 Å². The summed E-state index contributed by atoms with van der Waals surface area (Å²) in [6.45, 7) is 2.34. The molecule has 0 aromatic heterocycles. The molecule has 3 rings (SSSR count). The molecule has 0 radical (unpaired) electrons. The van der Waals surface area contributed by atoms with Crippen LogP contribution in [0.15, 0.2) is 24.3 Å². The molecule has 2 aliphatic heterocycles. The number of anilines is 1. The molecule has 6 heteroatoms. The number of nitrogens with two attached hydrogens (primary N) is 1. The SMILES string of the molecule is Nc1ccc(C(=O)N2CC3CN(C(=O)O)CC3C2)cc1. The summed E-state index contributed by atoms with van der Waals surface area (Å²) in [4.78, 5) is 26.6.